The Labute approximate surface area is 211 Å². The summed E-state index contributed by atoms with van der Waals surface area (Å²) in [5.74, 6) is -0.145. The van der Waals surface area contributed by atoms with Gasteiger partial charge in [-0.05, 0) is 50.4 Å². The lowest BCUT2D eigenvalue weighted by molar-refractivity contribution is -0.139. The molecule has 0 unspecified atom stereocenters. The van der Waals surface area contributed by atoms with Crippen LogP contribution in [0.3, 0.4) is 0 Å². The number of alkyl halides is 3. The number of amides is 1. The van der Waals surface area contributed by atoms with E-state index in [1.54, 1.807) is 26.0 Å². The van der Waals surface area contributed by atoms with Gasteiger partial charge in [-0.2, -0.15) is 18.4 Å². The standard InChI is InChI=1S/C24H27F3N8O2/c1-33(2)21(36)14-35-7-4-15(5-8-35)6-9-37-23-17(24(25,26)27)10-16(13-29-23)18-11-20-22(19(12-28)30-18)31-32-34(20)3/h10-11,13,15H,4-9,14H2,1-3H3. The maximum absolute atomic E-state index is 13.9. The van der Waals surface area contributed by atoms with E-state index >= 15 is 0 Å². The van der Waals surface area contributed by atoms with Gasteiger partial charge in [0.15, 0.2) is 5.69 Å². The maximum Gasteiger partial charge on any atom is 0.421 e. The number of ether oxygens (including phenoxy) is 1. The molecule has 3 aromatic heterocycles. The van der Waals surface area contributed by atoms with Gasteiger partial charge >= 0.3 is 6.18 Å². The average Bonchev–Trinajstić information content (AvgIpc) is 3.24. The van der Waals surface area contributed by atoms with Crippen LogP contribution in [0.5, 0.6) is 5.88 Å². The molecule has 1 fully saturated rings. The molecule has 0 radical (unpaired) electrons. The van der Waals surface area contributed by atoms with Gasteiger partial charge < -0.3 is 9.64 Å². The molecule has 0 aromatic carbocycles. The second kappa shape index (κ2) is 10.7. The number of piperidine rings is 1. The Balaban J connectivity index is 1.44. The van der Waals surface area contributed by atoms with Crippen LogP contribution in [0.15, 0.2) is 18.3 Å². The summed E-state index contributed by atoms with van der Waals surface area (Å²) in [5, 5.41) is 17.1. The molecule has 1 aliphatic heterocycles. The average molecular weight is 517 g/mol. The second-order valence-electron chi connectivity index (χ2n) is 9.27. The third-order valence-corrected chi connectivity index (χ3v) is 6.49. The fraction of sp³-hybridized carbons (Fsp3) is 0.500. The van der Waals surface area contributed by atoms with Crippen molar-refractivity contribution in [1.29, 1.82) is 5.26 Å². The minimum atomic E-state index is -4.70. The predicted octanol–water partition coefficient (Wildman–Crippen LogP) is 2.88. The molecule has 37 heavy (non-hydrogen) atoms. The summed E-state index contributed by atoms with van der Waals surface area (Å²) in [4.78, 5) is 23.6. The first kappa shape index (κ1) is 26.3. The van der Waals surface area contributed by atoms with Gasteiger partial charge in [-0.15, -0.1) is 5.10 Å². The Morgan fingerprint density at radius 2 is 2.00 bits per heavy atom. The molecule has 3 aromatic rings. The summed E-state index contributed by atoms with van der Waals surface area (Å²) in [6, 6.07) is 4.36. The quantitative estimate of drug-likeness (QED) is 0.471. The molecule has 4 rings (SSSR count). The van der Waals surface area contributed by atoms with E-state index in [4.69, 9.17) is 4.74 Å². The van der Waals surface area contributed by atoms with Crippen molar-refractivity contribution >= 4 is 16.9 Å². The predicted molar refractivity (Wildman–Crippen MR) is 127 cm³/mol. The van der Waals surface area contributed by atoms with Gasteiger partial charge in [-0.1, -0.05) is 5.21 Å². The van der Waals surface area contributed by atoms with Crippen LogP contribution in [0, 0.1) is 17.2 Å². The van der Waals surface area contributed by atoms with E-state index in [1.807, 2.05) is 6.07 Å². The number of fused-ring (bicyclic) bond motifs is 1. The number of pyridine rings is 2. The molecule has 10 nitrogen and oxygen atoms in total. The number of likely N-dealkylation sites (N-methyl/N-ethyl adjacent to an activating group) is 1. The summed E-state index contributed by atoms with van der Waals surface area (Å²) < 4.78 is 48.6. The molecule has 13 heteroatoms. The molecule has 1 saturated heterocycles. The summed E-state index contributed by atoms with van der Waals surface area (Å²) >= 11 is 0. The second-order valence-corrected chi connectivity index (χ2v) is 9.27. The van der Waals surface area contributed by atoms with Gasteiger partial charge in [-0.3, -0.25) is 9.69 Å². The lowest BCUT2D eigenvalue weighted by Crippen LogP contribution is -2.41. The van der Waals surface area contributed by atoms with Crippen LogP contribution in [0.2, 0.25) is 0 Å². The third kappa shape index (κ3) is 5.96. The molecule has 0 atom stereocenters. The lowest BCUT2D eigenvalue weighted by atomic mass is 9.94. The molecule has 196 valence electrons. The maximum atomic E-state index is 13.9. The number of nitrogens with zero attached hydrogens (tertiary/aromatic N) is 8. The first-order chi connectivity index (χ1) is 17.6. The lowest BCUT2D eigenvalue weighted by Gasteiger charge is -2.32. The number of hydrogen-bond acceptors (Lipinski definition) is 8. The number of carbonyl (C=O) groups is 1. The highest BCUT2D eigenvalue weighted by Gasteiger charge is 2.36. The number of rotatable bonds is 7. The van der Waals surface area contributed by atoms with Gasteiger partial charge in [0.1, 0.15) is 17.1 Å². The highest BCUT2D eigenvalue weighted by Crippen LogP contribution is 2.38. The monoisotopic (exact) mass is 516 g/mol. The molecular formula is C24H27F3N8O2. The largest absolute Gasteiger partial charge is 0.477 e. The molecule has 4 heterocycles. The Morgan fingerprint density at radius 1 is 1.27 bits per heavy atom. The minimum Gasteiger partial charge on any atom is -0.477 e. The van der Waals surface area contributed by atoms with Crippen LogP contribution in [0.1, 0.15) is 30.5 Å². The fourth-order valence-electron chi connectivity index (χ4n) is 4.25. The first-order valence-electron chi connectivity index (χ1n) is 11.8. The zero-order valence-corrected chi connectivity index (χ0v) is 20.8. The van der Waals surface area contributed by atoms with E-state index < -0.39 is 17.6 Å². The van der Waals surface area contributed by atoms with Crippen LogP contribution in [-0.4, -0.2) is 81.0 Å². The highest BCUT2D eigenvalue weighted by molar-refractivity contribution is 5.83. The number of hydrogen-bond donors (Lipinski definition) is 0. The normalized spacial score (nSPS) is 15.1. The Kier molecular flexibility index (Phi) is 7.58. The van der Waals surface area contributed by atoms with Crippen LogP contribution in [-0.2, 0) is 18.0 Å². The smallest absolute Gasteiger partial charge is 0.421 e. The number of likely N-dealkylation sites (tertiary alicyclic amines) is 1. The van der Waals surface area contributed by atoms with E-state index in [1.165, 1.54) is 16.9 Å². The van der Waals surface area contributed by atoms with Crippen molar-refractivity contribution in [1.82, 2.24) is 34.8 Å². The molecular weight excluding hydrogens is 489 g/mol. The number of aryl methyl sites for hydroxylation is 1. The molecule has 0 bridgehead atoms. The molecule has 1 aliphatic rings. The van der Waals surface area contributed by atoms with Crippen molar-refractivity contribution in [3.63, 3.8) is 0 Å². The van der Waals surface area contributed by atoms with E-state index in [0.29, 0.717) is 24.4 Å². The Hall–Kier alpha value is -3.79. The van der Waals surface area contributed by atoms with E-state index in [2.05, 4.69) is 25.2 Å². The molecule has 0 N–H and O–H groups in total. The van der Waals surface area contributed by atoms with Crippen molar-refractivity contribution in [2.75, 3.05) is 40.3 Å². The summed E-state index contributed by atoms with van der Waals surface area (Å²) in [6.45, 7) is 1.99. The van der Waals surface area contributed by atoms with E-state index in [-0.39, 0.29) is 35.0 Å². The summed E-state index contributed by atoms with van der Waals surface area (Å²) in [7, 11) is 5.06. The highest BCUT2D eigenvalue weighted by atomic mass is 19.4. The SMILES string of the molecule is CN(C)C(=O)CN1CCC(CCOc2ncc(-c3cc4c(nnn4C)c(C#N)n3)cc2C(F)(F)F)CC1. The number of carbonyl (C=O) groups excluding carboxylic acids is 1. The fourth-order valence-corrected chi connectivity index (χ4v) is 4.25. The van der Waals surface area contributed by atoms with Gasteiger partial charge in [0.2, 0.25) is 11.8 Å². The van der Waals surface area contributed by atoms with Gasteiger partial charge in [0.05, 0.1) is 24.4 Å². The first-order valence-corrected chi connectivity index (χ1v) is 11.8. The van der Waals surface area contributed by atoms with Crippen molar-refractivity contribution in [2.24, 2.45) is 13.0 Å². The third-order valence-electron chi connectivity index (χ3n) is 6.49. The van der Waals surface area contributed by atoms with Gasteiger partial charge in [0, 0.05) is 32.9 Å². The van der Waals surface area contributed by atoms with Crippen LogP contribution < -0.4 is 4.74 Å². The van der Waals surface area contributed by atoms with Gasteiger partial charge in [-0.25, -0.2) is 14.6 Å². The van der Waals surface area contributed by atoms with Gasteiger partial charge in [0.25, 0.3) is 0 Å². The topological polar surface area (TPSA) is 113 Å². The number of nitriles is 1. The van der Waals surface area contributed by atoms with Crippen molar-refractivity contribution in [2.45, 2.75) is 25.4 Å². The molecule has 0 saturated carbocycles. The molecule has 0 aliphatic carbocycles. The van der Waals surface area contributed by atoms with E-state index in [0.717, 1.165) is 32.0 Å². The molecule has 0 spiro atoms. The van der Waals surface area contributed by atoms with Crippen molar-refractivity contribution < 1.29 is 22.7 Å². The Morgan fingerprint density at radius 3 is 2.65 bits per heavy atom. The zero-order valence-electron chi connectivity index (χ0n) is 20.8. The van der Waals surface area contributed by atoms with E-state index in [9.17, 15) is 23.2 Å². The van der Waals surface area contributed by atoms with Crippen LogP contribution in [0.4, 0.5) is 13.2 Å². The minimum absolute atomic E-state index is 0.0355. The molecule has 1 amide bonds. The number of halogens is 3. The Bertz CT molecular complexity index is 1320. The number of aromatic nitrogens is 5. The van der Waals surface area contributed by atoms with Crippen LogP contribution in [0.25, 0.3) is 22.3 Å². The van der Waals surface area contributed by atoms with Crippen molar-refractivity contribution in [3.05, 3.63) is 29.6 Å². The zero-order chi connectivity index (χ0) is 26.7. The summed E-state index contributed by atoms with van der Waals surface area (Å²) in [6.07, 6.45) is -1.15. The van der Waals surface area contributed by atoms with Crippen molar-refractivity contribution in [3.8, 4) is 23.2 Å². The summed E-state index contributed by atoms with van der Waals surface area (Å²) in [5.41, 5.74) is -0.0602. The van der Waals surface area contributed by atoms with Crippen LogP contribution >= 0.6 is 0 Å².